The van der Waals surface area contributed by atoms with Crippen molar-refractivity contribution in [3.05, 3.63) is 98.3 Å². The molecule has 0 fully saturated rings. The van der Waals surface area contributed by atoms with Crippen LogP contribution in [0.4, 0.5) is 11.4 Å². The van der Waals surface area contributed by atoms with Crippen LogP contribution in [-0.2, 0) is 9.59 Å². The first-order valence-corrected chi connectivity index (χ1v) is 14.3. The Labute approximate surface area is 243 Å². The van der Waals surface area contributed by atoms with E-state index in [4.69, 9.17) is 16.3 Å². The van der Waals surface area contributed by atoms with Crippen LogP contribution in [0.1, 0.15) is 25.3 Å². The van der Waals surface area contributed by atoms with Crippen molar-refractivity contribution < 1.29 is 14.3 Å². The number of amides is 2. The van der Waals surface area contributed by atoms with Gasteiger partial charge < -0.3 is 10.1 Å². The Morgan fingerprint density at radius 2 is 1.78 bits per heavy atom. The number of anilines is 2. The van der Waals surface area contributed by atoms with Crippen molar-refractivity contribution >= 4 is 56.7 Å². The number of rotatable bonds is 8. The summed E-state index contributed by atoms with van der Waals surface area (Å²) in [5, 5.41) is 7.76. The van der Waals surface area contributed by atoms with E-state index in [1.807, 2.05) is 24.3 Å². The van der Waals surface area contributed by atoms with Crippen LogP contribution in [0.5, 0.6) is 5.75 Å². The minimum atomic E-state index is -0.436. The summed E-state index contributed by atoms with van der Waals surface area (Å²) in [6, 6.07) is 21.2. The molecule has 6 rings (SSSR count). The third-order valence-electron chi connectivity index (χ3n) is 6.62. The molecule has 11 heteroatoms. The molecule has 0 bridgehead atoms. The third-order valence-corrected chi connectivity index (χ3v) is 7.90. The highest BCUT2D eigenvalue weighted by molar-refractivity contribution is 7.15. The van der Waals surface area contributed by atoms with Gasteiger partial charge in [-0.3, -0.25) is 19.3 Å². The minimum Gasteiger partial charge on any atom is -0.494 e. The van der Waals surface area contributed by atoms with E-state index in [1.165, 1.54) is 9.42 Å². The van der Waals surface area contributed by atoms with Crippen molar-refractivity contribution in [2.45, 2.75) is 19.8 Å². The molecule has 0 radical (unpaired) electrons. The lowest BCUT2D eigenvalue weighted by atomic mass is 10.1. The standard InChI is InChI=1S/C30H24ClN5O4S/c1-2-3-16-40-21-14-8-18(9-15-21)27-33-30-36(34-27)29(39)26(41-30)25-22-6-4-5-7-23(22)35(28(25)38)17-24(37)32-20-12-10-19(31)11-13-20/h4-15H,2-3,16-17H2,1H3,(H,32,37). The predicted molar refractivity (Wildman–Crippen MR) is 160 cm³/mol. The summed E-state index contributed by atoms with van der Waals surface area (Å²) in [5.74, 6) is 0.353. The Hall–Kier alpha value is -4.54. The van der Waals surface area contributed by atoms with Crippen molar-refractivity contribution in [2.24, 2.45) is 0 Å². The average molecular weight is 586 g/mol. The van der Waals surface area contributed by atoms with Gasteiger partial charge in [-0.1, -0.05) is 54.5 Å². The molecule has 0 unspecified atom stereocenters. The molecule has 2 amide bonds. The number of nitrogens with zero attached hydrogens (tertiary/aromatic N) is 4. The number of para-hydroxylation sites is 1. The van der Waals surface area contributed by atoms with Gasteiger partial charge in [-0.05, 0) is 61.0 Å². The molecule has 9 nitrogen and oxygen atoms in total. The second kappa shape index (κ2) is 11.1. The summed E-state index contributed by atoms with van der Waals surface area (Å²) in [6.07, 6.45) is 2.04. The first kappa shape index (κ1) is 26.7. The molecule has 3 aromatic carbocycles. The van der Waals surface area contributed by atoms with E-state index >= 15 is 0 Å². The lowest BCUT2D eigenvalue weighted by molar-refractivity contribution is -0.118. The topological polar surface area (TPSA) is 106 Å². The van der Waals surface area contributed by atoms with Gasteiger partial charge in [0, 0.05) is 21.8 Å². The normalized spacial score (nSPS) is 14.0. The zero-order chi connectivity index (χ0) is 28.5. The number of fused-ring (bicyclic) bond motifs is 2. The highest BCUT2D eigenvalue weighted by Gasteiger charge is 2.35. The second-order valence-corrected chi connectivity index (χ2v) is 10.8. The molecule has 0 saturated carbocycles. The SMILES string of the molecule is CCCCOc1ccc(-c2nc3sc(=C4C(=O)N(CC(=O)Nc5ccc(Cl)cc5)c5ccccc54)c(=O)n3n2)cc1. The maximum atomic E-state index is 13.7. The number of hydrogen-bond acceptors (Lipinski definition) is 7. The number of nitrogens with one attached hydrogen (secondary N) is 1. The van der Waals surface area contributed by atoms with Crippen LogP contribution in [0.2, 0.25) is 5.02 Å². The molecular weight excluding hydrogens is 562 g/mol. The fourth-order valence-electron chi connectivity index (χ4n) is 4.58. The van der Waals surface area contributed by atoms with Crippen molar-refractivity contribution in [1.82, 2.24) is 14.6 Å². The number of aromatic nitrogens is 3. The number of unbranched alkanes of at least 4 members (excludes halogenated alkanes) is 1. The predicted octanol–water partition coefficient (Wildman–Crippen LogP) is 4.55. The van der Waals surface area contributed by atoms with E-state index < -0.39 is 11.5 Å². The molecule has 0 aliphatic carbocycles. The summed E-state index contributed by atoms with van der Waals surface area (Å²) >= 11 is 7.03. The summed E-state index contributed by atoms with van der Waals surface area (Å²) in [5.41, 5.74) is 2.24. The summed E-state index contributed by atoms with van der Waals surface area (Å²) < 4.78 is 7.16. The second-order valence-electron chi connectivity index (χ2n) is 9.43. The molecular formula is C30H24ClN5O4S. The van der Waals surface area contributed by atoms with Gasteiger partial charge in [-0.25, -0.2) is 0 Å². The Kier molecular flexibility index (Phi) is 7.25. The van der Waals surface area contributed by atoms with Crippen molar-refractivity contribution in [3.63, 3.8) is 0 Å². The molecule has 0 atom stereocenters. The van der Waals surface area contributed by atoms with Gasteiger partial charge in [0.05, 0.1) is 17.9 Å². The average Bonchev–Trinajstić information content (AvgIpc) is 3.61. The summed E-state index contributed by atoms with van der Waals surface area (Å²) in [4.78, 5) is 46.3. The summed E-state index contributed by atoms with van der Waals surface area (Å²) in [7, 11) is 0. The molecule has 41 heavy (non-hydrogen) atoms. The summed E-state index contributed by atoms with van der Waals surface area (Å²) in [6.45, 7) is 2.54. The fraction of sp³-hybridized carbons (Fsp3) is 0.167. The smallest absolute Gasteiger partial charge is 0.291 e. The molecule has 2 aromatic heterocycles. The lowest BCUT2D eigenvalue weighted by Gasteiger charge is -2.16. The molecule has 3 heterocycles. The number of carbonyl (C=O) groups is 2. The van der Waals surface area contributed by atoms with Crippen molar-refractivity contribution in [3.8, 4) is 17.1 Å². The van der Waals surface area contributed by atoms with Gasteiger partial charge >= 0.3 is 0 Å². The van der Waals surface area contributed by atoms with Crippen LogP contribution in [0, 0.1) is 0 Å². The Morgan fingerprint density at radius 1 is 1.02 bits per heavy atom. The zero-order valence-corrected chi connectivity index (χ0v) is 23.5. The monoisotopic (exact) mass is 585 g/mol. The largest absolute Gasteiger partial charge is 0.494 e. The number of ether oxygens (including phenoxy) is 1. The molecule has 1 N–H and O–H groups in total. The van der Waals surface area contributed by atoms with E-state index in [1.54, 1.807) is 48.5 Å². The first-order valence-electron chi connectivity index (χ1n) is 13.1. The zero-order valence-electron chi connectivity index (χ0n) is 22.0. The van der Waals surface area contributed by atoms with Crippen LogP contribution in [0.25, 0.3) is 21.9 Å². The number of benzene rings is 3. The maximum Gasteiger partial charge on any atom is 0.291 e. The van der Waals surface area contributed by atoms with Crippen molar-refractivity contribution in [2.75, 3.05) is 23.4 Å². The van der Waals surface area contributed by atoms with Gasteiger partial charge in [-0.15, -0.1) is 5.10 Å². The Balaban J connectivity index is 1.30. The molecule has 1 aliphatic rings. The van der Waals surface area contributed by atoms with E-state index in [-0.39, 0.29) is 22.6 Å². The first-order chi connectivity index (χ1) is 19.9. The highest BCUT2D eigenvalue weighted by atomic mass is 35.5. The Morgan fingerprint density at radius 3 is 2.51 bits per heavy atom. The number of carbonyl (C=O) groups excluding carboxylic acids is 2. The quantitative estimate of drug-likeness (QED) is 0.268. The number of thiazole rings is 1. The fourth-order valence-corrected chi connectivity index (χ4v) is 5.70. The molecule has 5 aromatic rings. The van der Waals surface area contributed by atoms with Crippen LogP contribution in [-0.4, -0.2) is 39.6 Å². The van der Waals surface area contributed by atoms with Crippen molar-refractivity contribution in [1.29, 1.82) is 0 Å². The van der Waals surface area contributed by atoms with Gasteiger partial charge in [-0.2, -0.15) is 9.50 Å². The van der Waals surface area contributed by atoms with Gasteiger partial charge in [0.1, 0.15) is 16.8 Å². The maximum absolute atomic E-state index is 13.7. The van der Waals surface area contributed by atoms with Crippen LogP contribution in [0.3, 0.4) is 0 Å². The van der Waals surface area contributed by atoms with E-state index in [2.05, 4.69) is 22.3 Å². The molecule has 0 saturated heterocycles. The van der Waals surface area contributed by atoms with Gasteiger partial charge in [0.2, 0.25) is 10.9 Å². The third kappa shape index (κ3) is 5.19. The van der Waals surface area contributed by atoms with Crippen LogP contribution >= 0.6 is 22.9 Å². The minimum absolute atomic E-state index is 0.223. The van der Waals surface area contributed by atoms with Crippen LogP contribution in [0.15, 0.2) is 77.6 Å². The van der Waals surface area contributed by atoms with Gasteiger partial charge in [0.15, 0.2) is 5.82 Å². The van der Waals surface area contributed by atoms with E-state index in [0.29, 0.717) is 39.4 Å². The molecule has 206 valence electrons. The van der Waals surface area contributed by atoms with Crippen LogP contribution < -0.4 is 25.0 Å². The van der Waals surface area contributed by atoms with E-state index in [9.17, 15) is 14.4 Å². The Bertz CT molecular complexity index is 1880. The molecule has 0 spiro atoms. The number of halogens is 1. The van der Waals surface area contributed by atoms with E-state index in [0.717, 1.165) is 35.5 Å². The lowest BCUT2D eigenvalue weighted by Crippen LogP contribution is -2.37. The highest BCUT2D eigenvalue weighted by Crippen LogP contribution is 2.35. The molecule has 1 aliphatic heterocycles. The van der Waals surface area contributed by atoms with Gasteiger partial charge in [0.25, 0.3) is 11.5 Å². The number of hydrogen-bond donors (Lipinski definition) is 1.